The van der Waals surface area contributed by atoms with Gasteiger partial charge in [0.2, 0.25) is 5.95 Å². The Morgan fingerprint density at radius 1 is 1.11 bits per heavy atom. The van der Waals surface area contributed by atoms with Crippen molar-refractivity contribution >= 4 is 23.5 Å². The van der Waals surface area contributed by atoms with Crippen LogP contribution in [0.3, 0.4) is 0 Å². The first-order chi connectivity index (χ1) is 13.5. The van der Waals surface area contributed by atoms with Crippen molar-refractivity contribution in [2.45, 2.75) is 19.9 Å². The lowest BCUT2D eigenvalue weighted by molar-refractivity contribution is 0.0945. The molecule has 0 spiro atoms. The fraction of sp³-hybridized carbons (Fsp3) is 0.190. The van der Waals surface area contributed by atoms with E-state index >= 15 is 0 Å². The van der Waals surface area contributed by atoms with Crippen molar-refractivity contribution in [1.29, 1.82) is 0 Å². The summed E-state index contributed by atoms with van der Waals surface area (Å²) in [5.41, 5.74) is 2.45. The number of rotatable bonds is 7. The number of hydrogen-bond acceptors (Lipinski definition) is 4. The zero-order valence-corrected chi connectivity index (χ0v) is 16.1. The van der Waals surface area contributed by atoms with Crippen molar-refractivity contribution in [3.8, 4) is 0 Å². The van der Waals surface area contributed by atoms with E-state index in [0.29, 0.717) is 28.8 Å². The van der Waals surface area contributed by atoms with Gasteiger partial charge in [-0.15, -0.1) is 0 Å². The fourth-order valence-corrected chi connectivity index (χ4v) is 2.77. The summed E-state index contributed by atoms with van der Waals surface area (Å²) in [6.45, 7) is 2.49. The Kier molecular flexibility index (Phi) is 6.55. The Hall–Kier alpha value is -2.99. The number of halogens is 2. The van der Waals surface area contributed by atoms with Crippen LogP contribution in [0.25, 0.3) is 0 Å². The van der Waals surface area contributed by atoms with Crippen LogP contribution in [-0.4, -0.2) is 22.4 Å². The normalized spacial score (nSPS) is 10.5. The molecule has 0 aliphatic carbocycles. The van der Waals surface area contributed by atoms with Gasteiger partial charge >= 0.3 is 0 Å². The summed E-state index contributed by atoms with van der Waals surface area (Å²) in [4.78, 5) is 21.0. The molecule has 2 aromatic carbocycles. The maximum Gasteiger partial charge on any atom is 0.270 e. The molecule has 3 rings (SSSR count). The molecule has 0 atom stereocenters. The summed E-state index contributed by atoms with van der Waals surface area (Å²) in [6, 6.07) is 15.5. The largest absolute Gasteiger partial charge is 0.354 e. The highest BCUT2D eigenvalue weighted by Gasteiger charge is 2.11. The minimum absolute atomic E-state index is 0.0912. The van der Waals surface area contributed by atoms with E-state index in [1.807, 2.05) is 24.3 Å². The zero-order valence-electron chi connectivity index (χ0n) is 15.4. The van der Waals surface area contributed by atoms with Crippen molar-refractivity contribution in [1.82, 2.24) is 15.3 Å². The Balaban J connectivity index is 1.59. The minimum Gasteiger partial charge on any atom is -0.354 e. The predicted molar refractivity (Wildman–Crippen MR) is 108 cm³/mol. The molecular weight excluding hydrogens is 379 g/mol. The molecule has 0 saturated carbocycles. The Morgan fingerprint density at radius 2 is 1.86 bits per heavy atom. The van der Waals surface area contributed by atoms with Gasteiger partial charge in [-0.3, -0.25) is 4.79 Å². The molecule has 0 aliphatic heterocycles. The molecule has 0 aliphatic rings. The van der Waals surface area contributed by atoms with Crippen LogP contribution in [0.2, 0.25) is 5.02 Å². The molecule has 1 heterocycles. The van der Waals surface area contributed by atoms with Crippen LogP contribution in [0.15, 0.2) is 54.6 Å². The highest BCUT2D eigenvalue weighted by atomic mass is 35.5. The summed E-state index contributed by atoms with van der Waals surface area (Å²) < 4.78 is 13.7. The van der Waals surface area contributed by atoms with Gasteiger partial charge in [-0.25, -0.2) is 14.4 Å². The summed E-state index contributed by atoms with van der Waals surface area (Å²) in [7, 11) is 0. The van der Waals surface area contributed by atoms with Crippen molar-refractivity contribution in [2.75, 3.05) is 11.9 Å². The lowest BCUT2D eigenvalue weighted by atomic mass is 10.1. The number of hydrogen-bond donors (Lipinski definition) is 2. The van der Waals surface area contributed by atoms with Gasteiger partial charge in [-0.05, 0) is 43.2 Å². The fourth-order valence-electron chi connectivity index (χ4n) is 2.64. The van der Waals surface area contributed by atoms with E-state index < -0.39 is 0 Å². The van der Waals surface area contributed by atoms with Crippen LogP contribution in [0.1, 0.15) is 27.3 Å². The molecule has 0 radical (unpaired) electrons. The molecule has 2 N–H and O–H groups in total. The topological polar surface area (TPSA) is 66.9 Å². The lowest BCUT2D eigenvalue weighted by Crippen LogP contribution is -2.25. The van der Waals surface area contributed by atoms with Gasteiger partial charge in [-0.2, -0.15) is 0 Å². The standard InChI is InChI=1S/C21H20ClFN4O/c1-14-12-19(20(28)25-13-16-4-2-3-5-18(16)23)27-21(26-14)24-11-10-15-6-8-17(22)9-7-15/h2-9,12H,10-11,13H2,1H3,(H,25,28)(H,24,26,27). The molecule has 1 aromatic heterocycles. The first kappa shape index (κ1) is 19.8. The number of anilines is 1. The van der Waals surface area contributed by atoms with Crippen molar-refractivity contribution in [3.05, 3.63) is 88.0 Å². The average Bonchev–Trinajstić information content (AvgIpc) is 2.68. The van der Waals surface area contributed by atoms with Gasteiger partial charge in [0.25, 0.3) is 5.91 Å². The van der Waals surface area contributed by atoms with E-state index in [1.54, 1.807) is 31.2 Å². The Morgan fingerprint density at radius 3 is 2.61 bits per heavy atom. The molecule has 0 saturated heterocycles. The van der Waals surface area contributed by atoms with E-state index in [9.17, 15) is 9.18 Å². The number of amides is 1. The number of nitrogens with one attached hydrogen (secondary N) is 2. The number of carbonyl (C=O) groups is 1. The lowest BCUT2D eigenvalue weighted by Gasteiger charge is -2.09. The van der Waals surface area contributed by atoms with E-state index in [4.69, 9.17) is 11.6 Å². The van der Waals surface area contributed by atoms with E-state index in [-0.39, 0.29) is 24.0 Å². The van der Waals surface area contributed by atoms with Gasteiger partial charge in [0.05, 0.1) is 0 Å². The summed E-state index contributed by atoms with van der Waals surface area (Å²) in [5.74, 6) is -0.356. The van der Waals surface area contributed by atoms with Gasteiger partial charge in [-0.1, -0.05) is 41.9 Å². The summed E-state index contributed by atoms with van der Waals surface area (Å²) in [5, 5.41) is 6.52. The van der Waals surface area contributed by atoms with Crippen molar-refractivity contribution in [3.63, 3.8) is 0 Å². The predicted octanol–water partition coefficient (Wildman–Crippen LogP) is 4.16. The molecular formula is C21H20ClFN4O. The van der Waals surface area contributed by atoms with E-state index in [0.717, 1.165) is 12.0 Å². The van der Waals surface area contributed by atoms with Gasteiger partial charge in [0.1, 0.15) is 11.5 Å². The second-order valence-corrected chi connectivity index (χ2v) is 6.73. The Bertz CT molecular complexity index is 963. The van der Waals surface area contributed by atoms with Crippen molar-refractivity contribution < 1.29 is 9.18 Å². The Labute approximate surface area is 168 Å². The number of aryl methyl sites for hydroxylation is 1. The molecule has 144 valence electrons. The van der Waals surface area contributed by atoms with Crippen LogP contribution in [0.4, 0.5) is 10.3 Å². The highest BCUT2D eigenvalue weighted by molar-refractivity contribution is 6.30. The van der Waals surface area contributed by atoms with Gasteiger partial charge in [0.15, 0.2) is 0 Å². The van der Waals surface area contributed by atoms with Gasteiger partial charge < -0.3 is 10.6 Å². The maximum absolute atomic E-state index is 13.7. The molecule has 0 fully saturated rings. The molecule has 5 nitrogen and oxygen atoms in total. The first-order valence-electron chi connectivity index (χ1n) is 8.87. The second-order valence-electron chi connectivity index (χ2n) is 6.30. The number of aromatic nitrogens is 2. The smallest absolute Gasteiger partial charge is 0.270 e. The monoisotopic (exact) mass is 398 g/mol. The van der Waals surface area contributed by atoms with Crippen molar-refractivity contribution in [2.24, 2.45) is 0 Å². The molecule has 0 bridgehead atoms. The number of nitrogens with zero attached hydrogens (tertiary/aromatic N) is 2. The molecule has 7 heteroatoms. The van der Waals surface area contributed by atoms with E-state index in [1.165, 1.54) is 6.07 Å². The molecule has 28 heavy (non-hydrogen) atoms. The quantitative estimate of drug-likeness (QED) is 0.627. The van der Waals surface area contributed by atoms with Crippen LogP contribution >= 0.6 is 11.6 Å². The third kappa shape index (κ3) is 5.50. The van der Waals surface area contributed by atoms with Crippen LogP contribution < -0.4 is 10.6 Å². The third-order valence-corrected chi connectivity index (χ3v) is 4.35. The van der Waals surface area contributed by atoms with Gasteiger partial charge in [0, 0.05) is 29.4 Å². The first-order valence-corrected chi connectivity index (χ1v) is 9.24. The number of benzene rings is 2. The molecule has 1 amide bonds. The van der Waals surface area contributed by atoms with Crippen LogP contribution in [-0.2, 0) is 13.0 Å². The SMILES string of the molecule is Cc1cc(C(=O)NCc2ccccc2F)nc(NCCc2ccc(Cl)cc2)n1. The highest BCUT2D eigenvalue weighted by Crippen LogP contribution is 2.11. The summed E-state index contributed by atoms with van der Waals surface area (Å²) >= 11 is 5.89. The minimum atomic E-state index is -0.380. The summed E-state index contributed by atoms with van der Waals surface area (Å²) in [6.07, 6.45) is 0.767. The van der Waals surface area contributed by atoms with Crippen LogP contribution in [0.5, 0.6) is 0 Å². The molecule has 0 unspecified atom stereocenters. The zero-order chi connectivity index (χ0) is 19.9. The maximum atomic E-state index is 13.7. The number of carbonyl (C=O) groups excluding carboxylic acids is 1. The third-order valence-electron chi connectivity index (χ3n) is 4.09. The second kappa shape index (κ2) is 9.28. The average molecular weight is 399 g/mol. The molecule has 3 aromatic rings. The van der Waals surface area contributed by atoms with Crippen LogP contribution in [0, 0.1) is 12.7 Å². The van der Waals surface area contributed by atoms with E-state index in [2.05, 4.69) is 20.6 Å².